The van der Waals surface area contributed by atoms with Crippen LogP contribution in [0.3, 0.4) is 0 Å². The molecule has 0 bridgehead atoms. The summed E-state index contributed by atoms with van der Waals surface area (Å²) in [6, 6.07) is 8.71. The summed E-state index contributed by atoms with van der Waals surface area (Å²) in [4.78, 5) is 17.3. The van der Waals surface area contributed by atoms with Crippen molar-refractivity contribution >= 4 is 5.91 Å². The molecule has 0 radical (unpaired) electrons. The Kier molecular flexibility index (Phi) is 5.02. The predicted molar refractivity (Wildman–Crippen MR) is 93.0 cm³/mol. The van der Waals surface area contributed by atoms with Gasteiger partial charge in [0.15, 0.2) is 0 Å². The van der Waals surface area contributed by atoms with E-state index in [1.807, 2.05) is 4.90 Å². The molecule has 2 heterocycles. The van der Waals surface area contributed by atoms with Crippen LogP contribution in [0.4, 0.5) is 0 Å². The maximum atomic E-state index is 12.9. The lowest BCUT2D eigenvalue weighted by atomic mass is 9.91. The van der Waals surface area contributed by atoms with E-state index < -0.39 is 0 Å². The van der Waals surface area contributed by atoms with Crippen molar-refractivity contribution in [2.75, 3.05) is 19.6 Å². The lowest BCUT2D eigenvalue weighted by Gasteiger charge is -2.39. The topological polar surface area (TPSA) is 49.6 Å². The van der Waals surface area contributed by atoms with Crippen LogP contribution in [0.15, 0.2) is 24.3 Å². The van der Waals surface area contributed by atoms with Crippen molar-refractivity contribution in [3.05, 3.63) is 35.4 Å². The highest BCUT2D eigenvalue weighted by molar-refractivity contribution is 5.81. The van der Waals surface area contributed by atoms with Gasteiger partial charge in [-0.2, -0.15) is 0 Å². The zero-order chi connectivity index (χ0) is 16.4. The van der Waals surface area contributed by atoms with Gasteiger partial charge in [-0.3, -0.25) is 9.69 Å². The number of carbonyl (C=O) groups is 1. The number of piperidine rings is 1. The van der Waals surface area contributed by atoms with Gasteiger partial charge in [-0.25, -0.2) is 0 Å². The average molecular weight is 315 g/mol. The van der Waals surface area contributed by atoms with Gasteiger partial charge in [0.25, 0.3) is 0 Å². The van der Waals surface area contributed by atoms with E-state index in [2.05, 4.69) is 43.0 Å². The second kappa shape index (κ2) is 7.02. The van der Waals surface area contributed by atoms with Crippen molar-refractivity contribution in [1.82, 2.24) is 9.80 Å². The third-order valence-corrected chi connectivity index (χ3v) is 5.58. The summed E-state index contributed by atoms with van der Waals surface area (Å²) in [5, 5.41) is 0. The summed E-state index contributed by atoms with van der Waals surface area (Å²) in [5.41, 5.74) is 8.85. The SMILES string of the molecule is CC(N)C1CCCN(C(=O)C(C)N2CCc3ccccc3C2)C1. The molecule has 0 aromatic heterocycles. The zero-order valence-electron chi connectivity index (χ0n) is 14.4. The normalized spacial score (nSPS) is 24.8. The van der Waals surface area contributed by atoms with Gasteiger partial charge in [0, 0.05) is 32.2 Å². The van der Waals surface area contributed by atoms with Crippen LogP contribution in [-0.4, -0.2) is 47.4 Å². The van der Waals surface area contributed by atoms with E-state index in [9.17, 15) is 4.79 Å². The maximum absolute atomic E-state index is 12.9. The number of amides is 1. The van der Waals surface area contributed by atoms with E-state index in [1.54, 1.807) is 0 Å². The standard InChI is InChI=1S/C19H29N3O/c1-14(20)17-8-5-10-22(12-17)19(23)15(2)21-11-9-16-6-3-4-7-18(16)13-21/h3-4,6-7,14-15,17H,5,8-13,20H2,1-2H3. The van der Waals surface area contributed by atoms with Crippen LogP contribution in [0.2, 0.25) is 0 Å². The van der Waals surface area contributed by atoms with E-state index in [4.69, 9.17) is 5.73 Å². The first-order chi connectivity index (χ1) is 11.1. The molecule has 2 aliphatic rings. The molecule has 4 heteroatoms. The van der Waals surface area contributed by atoms with Crippen LogP contribution in [0.5, 0.6) is 0 Å². The average Bonchev–Trinajstić information content (AvgIpc) is 2.60. The highest BCUT2D eigenvalue weighted by Gasteiger charge is 2.32. The molecule has 23 heavy (non-hydrogen) atoms. The summed E-state index contributed by atoms with van der Waals surface area (Å²) >= 11 is 0. The van der Waals surface area contributed by atoms with Gasteiger partial charge in [0.2, 0.25) is 5.91 Å². The number of benzene rings is 1. The van der Waals surface area contributed by atoms with Crippen LogP contribution in [0.25, 0.3) is 0 Å². The number of hydrogen-bond acceptors (Lipinski definition) is 3. The molecule has 1 saturated heterocycles. The highest BCUT2D eigenvalue weighted by atomic mass is 16.2. The van der Waals surface area contributed by atoms with E-state index in [0.717, 1.165) is 45.4 Å². The summed E-state index contributed by atoms with van der Waals surface area (Å²) in [6.45, 7) is 7.68. The van der Waals surface area contributed by atoms with E-state index in [1.165, 1.54) is 11.1 Å². The molecule has 3 rings (SSSR count). The molecule has 4 nitrogen and oxygen atoms in total. The Hall–Kier alpha value is -1.39. The Morgan fingerprint density at radius 1 is 1.22 bits per heavy atom. The van der Waals surface area contributed by atoms with E-state index >= 15 is 0 Å². The Morgan fingerprint density at radius 2 is 1.96 bits per heavy atom. The first-order valence-corrected chi connectivity index (χ1v) is 8.91. The summed E-state index contributed by atoms with van der Waals surface area (Å²) in [6.07, 6.45) is 3.26. The molecule has 0 saturated carbocycles. The number of fused-ring (bicyclic) bond motifs is 1. The predicted octanol–water partition coefficient (Wildman–Crippen LogP) is 2.02. The van der Waals surface area contributed by atoms with Crippen LogP contribution >= 0.6 is 0 Å². The maximum Gasteiger partial charge on any atom is 0.239 e. The Balaban J connectivity index is 1.64. The fraction of sp³-hybridized carbons (Fsp3) is 0.632. The second-order valence-electron chi connectivity index (χ2n) is 7.21. The zero-order valence-corrected chi connectivity index (χ0v) is 14.4. The van der Waals surface area contributed by atoms with Gasteiger partial charge in [-0.15, -0.1) is 0 Å². The molecular formula is C19H29N3O. The third-order valence-electron chi connectivity index (χ3n) is 5.58. The first-order valence-electron chi connectivity index (χ1n) is 8.91. The molecule has 2 aliphatic heterocycles. The lowest BCUT2D eigenvalue weighted by molar-refractivity contribution is -0.138. The number of hydrogen-bond donors (Lipinski definition) is 1. The van der Waals surface area contributed by atoms with Gasteiger partial charge in [-0.1, -0.05) is 24.3 Å². The smallest absolute Gasteiger partial charge is 0.239 e. The largest absolute Gasteiger partial charge is 0.341 e. The van der Waals surface area contributed by atoms with Gasteiger partial charge < -0.3 is 10.6 Å². The number of carbonyl (C=O) groups excluding carboxylic acids is 1. The van der Waals surface area contributed by atoms with Crippen LogP contribution in [-0.2, 0) is 17.8 Å². The number of nitrogens with zero attached hydrogens (tertiary/aromatic N) is 2. The number of nitrogens with two attached hydrogens (primary N) is 1. The molecule has 0 spiro atoms. The molecule has 1 aromatic rings. The van der Waals surface area contributed by atoms with Crippen molar-refractivity contribution in [2.24, 2.45) is 11.7 Å². The van der Waals surface area contributed by atoms with Gasteiger partial charge in [0.1, 0.15) is 0 Å². The van der Waals surface area contributed by atoms with E-state index in [0.29, 0.717) is 5.92 Å². The molecule has 3 unspecified atom stereocenters. The lowest BCUT2D eigenvalue weighted by Crippen LogP contribution is -2.52. The minimum Gasteiger partial charge on any atom is -0.341 e. The quantitative estimate of drug-likeness (QED) is 0.928. The van der Waals surface area contributed by atoms with Crippen molar-refractivity contribution in [3.8, 4) is 0 Å². The van der Waals surface area contributed by atoms with Crippen LogP contribution < -0.4 is 5.73 Å². The molecule has 1 amide bonds. The molecule has 0 aliphatic carbocycles. The monoisotopic (exact) mass is 315 g/mol. The fourth-order valence-electron chi connectivity index (χ4n) is 3.91. The minimum atomic E-state index is -0.0461. The van der Waals surface area contributed by atoms with Crippen molar-refractivity contribution in [2.45, 2.75) is 51.7 Å². The van der Waals surface area contributed by atoms with Crippen molar-refractivity contribution in [3.63, 3.8) is 0 Å². The Labute approximate surface area is 139 Å². The highest BCUT2D eigenvalue weighted by Crippen LogP contribution is 2.23. The summed E-state index contributed by atoms with van der Waals surface area (Å²) in [5.74, 6) is 0.719. The van der Waals surface area contributed by atoms with Crippen LogP contribution in [0, 0.1) is 5.92 Å². The van der Waals surface area contributed by atoms with E-state index in [-0.39, 0.29) is 18.0 Å². The first kappa shape index (κ1) is 16.5. The molecule has 2 N–H and O–H groups in total. The molecule has 3 atom stereocenters. The van der Waals surface area contributed by atoms with Gasteiger partial charge >= 0.3 is 0 Å². The van der Waals surface area contributed by atoms with Crippen molar-refractivity contribution < 1.29 is 4.79 Å². The molecule has 1 aromatic carbocycles. The summed E-state index contributed by atoms with van der Waals surface area (Å²) < 4.78 is 0. The Bertz CT molecular complexity index is 557. The number of likely N-dealkylation sites (tertiary alicyclic amines) is 1. The summed E-state index contributed by atoms with van der Waals surface area (Å²) in [7, 11) is 0. The molecule has 126 valence electrons. The second-order valence-corrected chi connectivity index (χ2v) is 7.21. The molecule has 1 fully saturated rings. The third kappa shape index (κ3) is 3.59. The van der Waals surface area contributed by atoms with Gasteiger partial charge in [0.05, 0.1) is 6.04 Å². The minimum absolute atomic E-state index is 0.0461. The van der Waals surface area contributed by atoms with Crippen LogP contribution in [0.1, 0.15) is 37.8 Å². The van der Waals surface area contributed by atoms with Crippen molar-refractivity contribution in [1.29, 1.82) is 0 Å². The fourth-order valence-corrected chi connectivity index (χ4v) is 3.91. The Morgan fingerprint density at radius 3 is 2.70 bits per heavy atom. The molecular weight excluding hydrogens is 286 g/mol. The van der Waals surface area contributed by atoms with Gasteiger partial charge in [-0.05, 0) is 50.2 Å². The number of rotatable bonds is 3.